The van der Waals surface area contributed by atoms with Gasteiger partial charge in [0.15, 0.2) is 0 Å². The molecule has 0 saturated carbocycles. The van der Waals surface area contributed by atoms with E-state index >= 15 is 0 Å². The van der Waals surface area contributed by atoms with E-state index in [1.54, 1.807) is 0 Å². The molecule has 0 fully saturated rings. The first kappa shape index (κ1) is 12.5. The lowest BCUT2D eigenvalue weighted by atomic mass is 10.2. The summed E-state index contributed by atoms with van der Waals surface area (Å²) in [6, 6.07) is 7.67. The van der Waals surface area contributed by atoms with Crippen LogP contribution in [0.4, 0.5) is 0 Å². The highest BCUT2D eigenvalue weighted by molar-refractivity contribution is 5.76. The molecule has 0 aromatic heterocycles. The number of carbonyl (C=O) groups excluding carboxylic acids is 1. The second kappa shape index (κ2) is 6.85. The van der Waals surface area contributed by atoms with Gasteiger partial charge in [0.1, 0.15) is 5.75 Å². The lowest BCUT2D eigenvalue weighted by molar-refractivity contribution is -0.121. The fourth-order valence-electron chi connectivity index (χ4n) is 1.36. The molecule has 0 atom stereocenters. The molecular weight excluding hydrogens is 204 g/mol. The van der Waals surface area contributed by atoms with Crippen LogP contribution >= 0.6 is 0 Å². The standard InChI is InChI=1S/C12H18N2O2/c1-2-16-11-6-4-3-5-10(11)9-14-12(15)7-8-13/h3-6H,2,7-9,13H2,1H3,(H,14,15). The molecular formula is C12H18N2O2. The van der Waals surface area contributed by atoms with E-state index < -0.39 is 0 Å². The Morgan fingerprint density at radius 3 is 2.88 bits per heavy atom. The number of amides is 1. The molecule has 0 bridgehead atoms. The van der Waals surface area contributed by atoms with E-state index in [9.17, 15) is 4.79 Å². The van der Waals surface area contributed by atoms with Crippen LogP contribution in [0.3, 0.4) is 0 Å². The number of ether oxygens (including phenoxy) is 1. The molecule has 4 heteroatoms. The van der Waals surface area contributed by atoms with Crippen molar-refractivity contribution in [2.24, 2.45) is 5.73 Å². The minimum absolute atomic E-state index is 0.0335. The Morgan fingerprint density at radius 2 is 2.19 bits per heavy atom. The average Bonchev–Trinajstić information content (AvgIpc) is 2.29. The van der Waals surface area contributed by atoms with Gasteiger partial charge in [-0.2, -0.15) is 0 Å². The first-order valence-corrected chi connectivity index (χ1v) is 5.45. The molecule has 0 heterocycles. The molecule has 0 unspecified atom stereocenters. The van der Waals surface area contributed by atoms with Gasteiger partial charge in [-0.25, -0.2) is 0 Å². The number of hydrogen-bond donors (Lipinski definition) is 2. The minimum atomic E-state index is -0.0335. The largest absolute Gasteiger partial charge is 0.494 e. The quantitative estimate of drug-likeness (QED) is 0.756. The number of rotatable bonds is 6. The maximum Gasteiger partial charge on any atom is 0.221 e. The molecule has 4 nitrogen and oxygen atoms in total. The molecule has 0 radical (unpaired) electrons. The lowest BCUT2D eigenvalue weighted by Crippen LogP contribution is -2.25. The Balaban J connectivity index is 2.55. The maximum absolute atomic E-state index is 11.3. The van der Waals surface area contributed by atoms with Gasteiger partial charge in [0.05, 0.1) is 6.61 Å². The van der Waals surface area contributed by atoms with E-state index in [4.69, 9.17) is 10.5 Å². The smallest absolute Gasteiger partial charge is 0.221 e. The van der Waals surface area contributed by atoms with Gasteiger partial charge in [0, 0.05) is 25.1 Å². The summed E-state index contributed by atoms with van der Waals surface area (Å²) in [6.45, 7) is 3.41. The van der Waals surface area contributed by atoms with Gasteiger partial charge in [-0.3, -0.25) is 4.79 Å². The highest BCUT2D eigenvalue weighted by Crippen LogP contribution is 2.17. The van der Waals surface area contributed by atoms with E-state index in [2.05, 4.69) is 5.32 Å². The Morgan fingerprint density at radius 1 is 1.44 bits per heavy atom. The zero-order valence-corrected chi connectivity index (χ0v) is 9.53. The van der Waals surface area contributed by atoms with E-state index in [1.807, 2.05) is 31.2 Å². The summed E-state index contributed by atoms with van der Waals surface area (Å²) in [5.74, 6) is 0.784. The molecule has 0 aliphatic heterocycles. The highest BCUT2D eigenvalue weighted by atomic mass is 16.5. The average molecular weight is 222 g/mol. The van der Waals surface area contributed by atoms with Crippen molar-refractivity contribution in [3.8, 4) is 5.75 Å². The Hall–Kier alpha value is -1.55. The van der Waals surface area contributed by atoms with Crippen molar-refractivity contribution in [3.05, 3.63) is 29.8 Å². The van der Waals surface area contributed by atoms with Crippen molar-refractivity contribution in [2.75, 3.05) is 13.2 Å². The monoisotopic (exact) mass is 222 g/mol. The number of benzene rings is 1. The fourth-order valence-corrected chi connectivity index (χ4v) is 1.36. The van der Waals surface area contributed by atoms with E-state index in [0.717, 1.165) is 11.3 Å². The van der Waals surface area contributed by atoms with Crippen molar-refractivity contribution in [2.45, 2.75) is 19.9 Å². The Kier molecular flexibility index (Phi) is 5.36. The van der Waals surface area contributed by atoms with Crippen molar-refractivity contribution >= 4 is 5.91 Å². The van der Waals surface area contributed by atoms with Crippen LogP contribution in [-0.2, 0) is 11.3 Å². The highest BCUT2D eigenvalue weighted by Gasteiger charge is 2.04. The molecule has 1 rings (SSSR count). The van der Waals surface area contributed by atoms with Gasteiger partial charge in [-0.05, 0) is 13.0 Å². The topological polar surface area (TPSA) is 64.3 Å². The number of para-hydroxylation sites is 1. The summed E-state index contributed by atoms with van der Waals surface area (Å²) in [5.41, 5.74) is 6.27. The van der Waals surface area contributed by atoms with Gasteiger partial charge in [-0.15, -0.1) is 0 Å². The van der Waals surface area contributed by atoms with Gasteiger partial charge >= 0.3 is 0 Å². The SMILES string of the molecule is CCOc1ccccc1CNC(=O)CCN. The van der Waals surface area contributed by atoms with Crippen LogP contribution in [-0.4, -0.2) is 19.1 Å². The van der Waals surface area contributed by atoms with E-state index in [1.165, 1.54) is 0 Å². The van der Waals surface area contributed by atoms with Gasteiger partial charge < -0.3 is 15.8 Å². The Labute approximate surface area is 95.8 Å². The van der Waals surface area contributed by atoms with Crippen LogP contribution in [0, 0.1) is 0 Å². The third-order valence-corrected chi connectivity index (χ3v) is 2.12. The molecule has 0 saturated heterocycles. The van der Waals surface area contributed by atoms with Crippen LogP contribution in [0.15, 0.2) is 24.3 Å². The number of carbonyl (C=O) groups is 1. The molecule has 1 aromatic rings. The first-order valence-electron chi connectivity index (χ1n) is 5.45. The summed E-state index contributed by atoms with van der Waals surface area (Å²) < 4.78 is 5.45. The first-order chi connectivity index (χ1) is 7.77. The van der Waals surface area contributed by atoms with Crippen LogP contribution in [0.5, 0.6) is 5.75 Å². The zero-order chi connectivity index (χ0) is 11.8. The van der Waals surface area contributed by atoms with Gasteiger partial charge in [0.25, 0.3) is 0 Å². The van der Waals surface area contributed by atoms with Crippen LogP contribution < -0.4 is 15.8 Å². The van der Waals surface area contributed by atoms with Gasteiger partial charge in [-0.1, -0.05) is 18.2 Å². The predicted octanol–water partition coefficient (Wildman–Crippen LogP) is 1.05. The van der Waals surface area contributed by atoms with Gasteiger partial charge in [0.2, 0.25) is 5.91 Å². The van der Waals surface area contributed by atoms with Crippen molar-refractivity contribution in [1.29, 1.82) is 0 Å². The third-order valence-electron chi connectivity index (χ3n) is 2.12. The molecule has 1 aromatic carbocycles. The second-order valence-electron chi connectivity index (χ2n) is 3.36. The summed E-state index contributed by atoms with van der Waals surface area (Å²) >= 11 is 0. The summed E-state index contributed by atoms with van der Waals surface area (Å²) in [4.78, 5) is 11.3. The van der Waals surface area contributed by atoms with Crippen LogP contribution in [0.2, 0.25) is 0 Å². The zero-order valence-electron chi connectivity index (χ0n) is 9.53. The molecule has 0 aliphatic rings. The van der Waals surface area contributed by atoms with E-state index in [-0.39, 0.29) is 5.91 Å². The second-order valence-corrected chi connectivity index (χ2v) is 3.36. The number of nitrogens with two attached hydrogens (primary N) is 1. The minimum Gasteiger partial charge on any atom is -0.494 e. The molecule has 1 amide bonds. The van der Waals surface area contributed by atoms with Crippen molar-refractivity contribution in [3.63, 3.8) is 0 Å². The fraction of sp³-hybridized carbons (Fsp3) is 0.417. The molecule has 0 aliphatic carbocycles. The van der Waals surface area contributed by atoms with Crippen LogP contribution in [0.1, 0.15) is 18.9 Å². The van der Waals surface area contributed by atoms with Crippen molar-refractivity contribution in [1.82, 2.24) is 5.32 Å². The molecule has 3 N–H and O–H groups in total. The maximum atomic E-state index is 11.3. The summed E-state index contributed by atoms with van der Waals surface area (Å²) in [7, 11) is 0. The molecule has 0 spiro atoms. The third kappa shape index (κ3) is 3.90. The summed E-state index contributed by atoms with van der Waals surface area (Å²) in [5, 5.41) is 2.80. The van der Waals surface area contributed by atoms with Crippen molar-refractivity contribution < 1.29 is 9.53 Å². The Bertz CT molecular complexity index is 340. The molecule has 88 valence electrons. The van der Waals surface area contributed by atoms with Crippen LogP contribution in [0.25, 0.3) is 0 Å². The number of hydrogen-bond acceptors (Lipinski definition) is 3. The van der Waals surface area contributed by atoms with E-state index in [0.29, 0.717) is 26.1 Å². The number of nitrogens with one attached hydrogen (secondary N) is 1. The normalized spacial score (nSPS) is 9.88. The predicted molar refractivity (Wildman–Crippen MR) is 63.1 cm³/mol. The lowest BCUT2D eigenvalue weighted by Gasteiger charge is -2.10. The summed E-state index contributed by atoms with van der Waals surface area (Å²) in [6.07, 6.45) is 0.358. The molecule has 16 heavy (non-hydrogen) atoms.